The van der Waals surface area contributed by atoms with Crippen LogP contribution in [0.4, 0.5) is 0 Å². The van der Waals surface area contributed by atoms with E-state index in [1.165, 1.54) is 6.92 Å². The van der Waals surface area contributed by atoms with Crippen LogP contribution in [0.3, 0.4) is 0 Å². The predicted octanol–water partition coefficient (Wildman–Crippen LogP) is 0.178. The van der Waals surface area contributed by atoms with Crippen molar-refractivity contribution in [2.45, 2.75) is 77.7 Å². The van der Waals surface area contributed by atoms with Gasteiger partial charge in [0.2, 0.25) is 17.7 Å². The number of nitrogens with one attached hydrogen (secondary N) is 3. The van der Waals surface area contributed by atoms with Crippen LogP contribution in [0.15, 0.2) is 30.3 Å². The number of aliphatic hydroxyl groups excluding tert-OH is 1. The SMILES string of the molecule is CC(C)CC(NC(=O)C(NC(=O)C(NC(=O)C(N)Cc1ccccc1)C(C)C)C(C)O)C(=O)O. The summed E-state index contributed by atoms with van der Waals surface area (Å²) in [6, 6.07) is 4.73. The summed E-state index contributed by atoms with van der Waals surface area (Å²) in [4.78, 5) is 49.7. The number of hydrogen-bond acceptors (Lipinski definition) is 6. The third kappa shape index (κ3) is 9.48. The molecule has 0 saturated heterocycles. The van der Waals surface area contributed by atoms with Crippen LogP contribution in [0.5, 0.6) is 0 Å². The number of aliphatic hydroxyl groups is 1. The lowest BCUT2D eigenvalue weighted by Gasteiger charge is -2.28. The maximum atomic E-state index is 12.9. The third-order valence-electron chi connectivity index (χ3n) is 5.27. The summed E-state index contributed by atoms with van der Waals surface area (Å²) in [5.74, 6) is -3.60. The number of carbonyl (C=O) groups excluding carboxylic acids is 3. The van der Waals surface area contributed by atoms with Crippen molar-refractivity contribution in [2.75, 3.05) is 0 Å². The van der Waals surface area contributed by atoms with Crippen LogP contribution in [0.25, 0.3) is 0 Å². The second-order valence-electron chi connectivity index (χ2n) is 9.28. The van der Waals surface area contributed by atoms with Gasteiger partial charge in [0.15, 0.2) is 0 Å². The zero-order valence-electron chi connectivity index (χ0n) is 20.4. The summed E-state index contributed by atoms with van der Waals surface area (Å²) < 4.78 is 0. The minimum absolute atomic E-state index is 0.00150. The zero-order chi connectivity index (χ0) is 26.0. The Hall–Kier alpha value is -2.98. The number of benzene rings is 1. The molecule has 0 saturated carbocycles. The first-order valence-corrected chi connectivity index (χ1v) is 11.4. The molecule has 0 aromatic heterocycles. The summed E-state index contributed by atoms with van der Waals surface area (Å²) in [7, 11) is 0. The van der Waals surface area contributed by atoms with E-state index >= 15 is 0 Å². The lowest BCUT2D eigenvalue weighted by atomic mass is 10.00. The molecule has 1 aromatic rings. The predicted molar refractivity (Wildman–Crippen MR) is 128 cm³/mol. The van der Waals surface area contributed by atoms with Crippen LogP contribution in [-0.2, 0) is 25.6 Å². The maximum Gasteiger partial charge on any atom is 0.326 e. The molecule has 34 heavy (non-hydrogen) atoms. The Bertz CT molecular complexity index is 828. The van der Waals surface area contributed by atoms with Gasteiger partial charge >= 0.3 is 5.97 Å². The molecule has 0 heterocycles. The summed E-state index contributed by atoms with van der Waals surface area (Å²) in [5.41, 5.74) is 6.89. The summed E-state index contributed by atoms with van der Waals surface area (Å²) in [5, 5.41) is 26.9. The van der Waals surface area contributed by atoms with E-state index in [0.29, 0.717) is 0 Å². The first-order valence-electron chi connectivity index (χ1n) is 11.4. The smallest absolute Gasteiger partial charge is 0.326 e. The Morgan fingerprint density at radius 1 is 0.853 bits per heavy atom. The molecule has 0 fully saturated rings. The number of nitrogens with two attached hydrogens (primary N) is 1. The van der Waals surface area contributed by atoms with Gasteiger partial charge in [-0.05, 0) is 37.2 Å². The molecule has 10 nitrogen and oxygen atoms in total. The maximum absolute atomic E-state index is 12.9. The molecular weight excluding hydrogens is 440 g/mol. The minimum atomic E-state index is -1.40. The van der Waals surface area contributed by atoms with Crippen LogP contribution in [-0.4, -0.2) is 64.2 Å². The molecule has 3 amide bonds. The largest absolute Gasteiger partial charge is 0.480 e. The Morgan fingerprint density at radius 3 is 1.85 bits per heavy atom. The number of carboxylic acid groups (broad SMARTS) is 1. The van der Waals surface area contributed by atoms with Gasteiger partial charge < -0.3 is 31.9 Å². The highest BCUT2D eigenvalue weighted by Crippen LogP contribution is 2.08. The van der Waals surface area contributed by atoms with E-state index in [1.54, 1.807) is 13.8 Å². The van der Waals surface area contributed by atoms with Gasteiger partial charge in [0.05, 0.1) is 12.1 Å². The van der Waals surface area contributed by atoms with Crippen LogP contribution in [0.2, 0.25) is 0 Å². The Balaban J connectivity index is 2.88. The molecule has 0 radical (unpaired) electrons. The van der Waals surface area contributed by atoms with Gasteiger partial charge in [-0.15, -0.1) is 0 Å². The van der Waals surface area contributed by atoms with E-state index < -0.39 is 54.0 Å². The molecule has 0 aliphatic carbocycles. The first kappa shape index (κ1) is 29.1. The van der Waals surface area contributed by atoms with Crippen molar-refractivity contribution in [1.82, 2.24) is 16.0 Å². The number of aliphatic carboxylic acids is 1. The molecule has 5 unspecified atom stereocenters. The Morgan fingerprint density at radius 2 is 1.38 bits per heavy atom. The molecule has 1 rings (SSSR count). The van der Waals surface area contributed by atoms with Gasteiger partial charge in [0.25, 0.3) is 0 Å². The Labute approximate surface area is 200 Å². The normalized spacial score (nSPS) is 15.7. The van der Waals surface area contributed by atoms with Gasteiger partial charge in [-0.3, -0.25) is 14.4 Å². The number of amides is 3. The third-order valence-corrected chi connectivity index (χ3v) is 5.27. The van der Waals surface area contributed by atoms with Gasteiger partial charge in [-0.1, -0.05) is 58.0 Å². The van der Waals surface area contributed by atoms with E-state index in [2.05, 4.69) is 16.0 Å². The van der Waals surface area contributed by atoms with Crippen LogP contribution in [0.1, 0.15) is 46.6 Å². The van der Waals surface area contributed by atoms with Crippen LogP contribution >= 0.6 is 0 Å². The van der Waals surface area contributed by atoms with E-state index in [0.717, 1.165) is 5.56 Å². The van der Waals surface area contributed by atoms with Crippen molar-refractivity contribution >= 4 is 23.7 Å². The summed E-state index contributed by atoms with van der Waals surface area (Å²) in [6.45, 7) is 8.37. The van der Waals surface area contributed by atoms with Crippen molar-refractivity contribution in [3.63, 3.8) is 0 Å². The average molecular weight is 479 g/mol. The van der Waals surface area contributed by atoms with Gasteiger partial charge in [0.1, 0.15) is 18.1 Å². The molecule has 0 aliphatic heterocycles. The number of carbonyl (C=O) groups is 4. The topological polar surface area (TPSA) is 171 Å². The van der Waals surface area contributed by atoms with E-state index in [4.69, 9.17) is 5.73 Å². The fourth-order valence-electron chi connectivity index (χ4n) is 3.36. The Kier molecular flexibility index (Phi) is 11.7. The lowest BCUT2D eigenvalue weighted by molar-refractivity contribution is -0.143. The summed E-state index contributed by atoms with van der Waals surface area (Å²) in [6.07, 6.45) is -0.836. The fourth-order valence-corrected chi connectivity index (χ4v) is 3.36. The van der Waals surface area contributed by atoms with Crippen molar-refractivity contribution < 1.29 is 29.4 Å². The van der Waals surface area contributed by atoms with E-state index in [9.17, 15) is 29.4 Å². The molecule has 190 valence electrons. The first-order chi connectivity index (χ1) is 15.8. The van der Waals surface area contributed by atoms with Gasteiger partial charge in [0, 0.05) is 0 Å². The minimum Gasteiger partial charge on any atom is -0.480 e. The van der Waals surface area contributed by atoms with Gasteiger partial charge in [-0.25, -0.2) is 4.79 Å². The van der Waals surface area contributed by atoms with E-state index in [-0.39, 0.29) is 24.7 Å². The molecule has 7 N–H and O–H groups in total. The standard InChI is InChI=1S/C24H38N4O6/c1-13(2)11-18(24(33)34)26-23(32)20(15(5)29)28-22(31)19(14(3)4)27-21(30)17(25)12-16-9-7-6-8-10-16/h6-10,13-15,17-20,29H,11-12,25H2,1-5H3,(H,26,32)(H,27,30)(H,28,31)(H,33,34). The molecule has 0 bridgehead atoms. The van der Waals surface area contributed by atoms with Crippen LogP contribution in [0, 0.1) is 11.8 Å². The molecule has 0 aliphatic rings. The van der Waals surface area contributed by atoms with E-state index in [1.807, 2.05) is 44.2 Å². The molecule has 10 heteroatoms. The number of rotatable bonds is 13. The quantitative estimate of drug-likeness (QED) is 0.235. The van der Waals surface area contributed by atoms with Crippen molar-refractivity contribution in [1.29, 1.82) is 0 Å². The molecule has 0 spiro atoms. The van der Waals surface area contributed by atoms with Crippen molar-refractivity contribution in [3.05, 3.63) is 35.9 Å². The van der Waals surface area contributed by atoms with Crippen LogP contribution < -0.4 is 21.7 Å². The highest BCUT2D eigenvalue weighted by molar-refractivity contribution is 5.94. The average Bonchev–Trinajstić information content (AvgIpc) is 2.74. The number of carboxylic acids is 1. The second-order valence-corrected chi connectivity index (χ2v) is 9.28. The monoisotopic (exact) mass is 478 g/mol. The van der Waals surface area contributed by atoms with Gasteiger partial charge in [-0.2, -0.15) is 0 Å². The molecule has 1 aromatic carbocycles. The highest BCUT2D eigenvalue weighted by atomic mass is 16.4. The lowest BCUT2D eigenvalue weighted by Crippen LogP contribution is -2.61. The number of hydrogen-bond donors (Lipinski definition) is 6. The second kappa shape index (κ2) is 13.7. The van der Waals surface area contributed by atoms with Crippen molar-refractivity contribution in [2.24, 2.45) is 17.6 Å². The molecule has 5 atom stereocenters. The molecular formula is C24H38N4O6. The fraction of sp³-hybridized carbons (Fsp3) is 0.583. The zero-order valence-corrected chi connectivity index (χ0v) is 20.4. The highest BCUT2D eigenvalue weighted by Gasteiger charge is 2.33. The van der Waals surface area contributed by atoms with Crippen molar-refractivity contribution in [3.8, 4) is 0 Å². The summed E-state index contributed by atoms with van der Waals surface area (Å²) >= 11 is 0.